The summed E-state index contributed by atoms with van der Waals surface area (Å²) in [5.41, 5.74) is 8.68. The van der Waals surface area contributed by atoms with Crippen molar-refractivity contribution in [3.8, 4) is 5.69 Å². The van der Waals surface area contributed by atoms with Gasteiger partial charge in [0.25, 0.3) is 0 Å². The predicted molar refractivity (Wildman–Crippen MR) is 120 cm³/mol. The Morgan fingerprint density at radius 2 is 1.57 bits per heavy atom. The van der Waals surface area contributed by atoms with Crippen molar-refractivity contribution in [2.75, 3.05) is 18.0 Å². The zero-order valence-electron chi connectivity index (χ0n) is 18.8. The Morgan fingerprint density at radius 1 is 0.929 bits per heavy atom. The van der Waals surface area contributed by atoms with Crippen molar-refractivity contribution in [3.63, 3.8) is 0 Å². The first-order chi connectivity index (χ1) is 13.3. The Bertz CT molecular complexity index is 990. The second-order valence-corrected chi connectivity index (χ2v) is 8.02. The molecule has 0 aliphatic rings. The van der Waals surface area contributed by atoms with Gasteiger partial charge in [0.15, 0.2) is 5.65 Å². The van der Waals surface area contributed by atoms with Crippen LogP contribution in [0, 0.1) is 41.5 Å². The molecule has 0 spiro atoms. The summed E-state index contributed by atoms with van der Waals surface area (Å²) in [4.78, 5) is 12.2. The first-order valence-corrected chi connectivity index (χ1v) is 10.5. The smallest absolute Gasteiger partial charge is 0.150 e. The van der Waals surface area contributed by atoms with E-state index in [1.54, 1.807) is 0 Å². The highest BCUT2D eigenvalue weighted by molar-refractivity contribution is 5.94. The van der Waals surface area contributed by atoms with Gasteiger partial charge in [-0.15, -0.1) is 0 Å². The van der Waals surface area contributed by atoms with Crippen molar-refractivity contribution in [1.82, 2.24) is 14.5 Å². The fourth-order valence-electron chi connectivity index (χ4n) is 4.34. The van der Waals surface area contributed by atoms with Gasteiger partial charge in [-0.3, -0.25) is 4.57 Å². The molecule has 1 aromatic carbocycles. The summed E-state index contributed by atoms with van der Waals surface area (Å²) in [6.07, 6.45) is 2.36. The van der Waals surface area contributed by atoms with E-state index in [2.05, 4.69) is 70.1 Å². The van der Waals surface area contributed by atoms with Crippen LogP contribution in [0.15, 0.2) is 12.1 Å². The minimum absolute atomic E-state index is 0.832. The number of aromatic nitrogens is 3. The monoisotopic (exact) mass is 380 g/mol. The number of hydrogen-bond donors (Lipinski definition) is 0. The molecular weight excluding hydrogens is 346 g/mol. The van der Waals surface area contributed by atoms with E-state index in [9.17, 15) is 0 Å². The lowest BCUT2D eigenvalue weighted by Gasteiger charge is -2.23. The standard InChI is InChI=1S/C24H34N4/c1-9-11-12-27(10-2)23-21-18(6)19(7)28(24(21)26-20(8)25-23)22-16(4)13-15(3)14-17(22)5/h13-14H,9-12H2,1-8H3/i2+1,10+1. The topological polar surface area (TPSA) is 34.0 Å². The average Bonchev–Trinajstić information content (AvgIpc) is 2.86. The third-order valence-corrected chi connectivity index (χ3v) is 5.77. The van der Waals surface area contributed by atoms with Gasteiger partial charge in [-0.2, -0.15) is 0 Å². The summed E-state index contributed by atoms with van der Waals surface area (Å²) >= 11 is 0. The molecule has 0 N–H and O–H groups in total. The van der Waals surface area contributed by atoms with Gasteiger partial charge in [0.1, 0.15) is 11.6 Å². The molecule has 3 aromatic rings. The molecule has 0 radical (unpaired) electrons. The van der Waals surface area contributed by atoms with E-state index in [0.717, 1.165) is 30.4 Å². The summed E-state index contributed by atoms with van der Waals surface area (Å²) < 4.78 is 2.35. The van der Waals surface area contributed by atoms with Crippen LogP contribution < -0.4 is 4.90 Å². The van der Waals surface area contributed by atoms with Crippen molar-refractivity contribution in [3.05, 3.63) is 45.9 Å². The minimum atomic E-state index is 0.832. The molecule has 4 heteroatoms. The fraction of sp³-hybridized carbons (Fsp3) is 0.500. The van der Waals surface area contributed by atoms with Crippen LogP contribution in [0.2, 0.25) is 0 Å². The molecule has 0 saturated carbocycles. The van der Waals surface area contributed by atoms with E-state index in [1.807, 2.05) is 6.92 Å². The lowest BCUT2D eigenvalue weighted by atomic mass is 10.0. The number of fused-ring (bicyclic) bond motifs is 1. The van der Waals surface area contributed by atoms with Gasteiger partial charge in [-0.25, -0.2) is 9.97 Å². The summed E-state index contributed by atoms with van der Waals surface area (Å²) in [5, 5.41) is 1.19. The first kappa shape index (κ1) is 20.4. The number of anilines is 1. The molecule has 0 unspecified atom stereocenters. The highest BCUT2D eigenvalue weighted by atomic mass is 15.3. The summed E-state index contributed by atoms with van der Waals surface area (Å²) in [6, 6.07) is 4.52. The number of unbranched alkanes of at least 4 members (excludes halogenated alkanes) is 1. The maximum Gasteiger partial charge on any atom is 0.150 e. The third kappa shape index (κ3) is 3.41. The zero-order valence-corrected chi connectivity index (χ0v) is 18.8. The lowest BCUT2D eigenvalue weighted by Crippen LogP contribution is -2.25. The number of benzene rings is 1. The lowest BCUT2D eigenvalue weighted by molar-refractivity contribution is 0.724. The van der Waals surface area contributed by atoms with Crippen LogP contribution in [0.25, 0.3) is 16.7 Å². The highest BCUT2D eigenvalue weighted by Gasteiger charge is 2.22. The maximum atomic E-state index is 4.92. The van der Waals surface area contributed by atoms with Crippen LogP contribution in [-0.2, 0) is 0 Å². The first-order valence-electron chi connectivity index (χ1n) is 10.5. The number of rotatable bonds is 6. The van der Waals surface area contributed by atoms with E-state index in [4.69, 9.17) is 9.97 Å². The molecule has 0 aliphatic carbocycles. The second-order valence-electron chi connectivity index (χ2n) is 8.02. The van der Waals surface area contributed by atoms with Gasteiger partial charge >= 0.3 is 0 Å². The largest absolute Gasteiger partial charge is 0.356 e. The van der Waals surface area contributed by atoms with Crippen molar-refractivity contribution >= 4 is 16.9 Å². The van der Waals surface area contributed by atoms with E-state index in [-0.39, 0.29) is 0 Å². The second kappa shape index (κ2) is 7.94. The van der Waals surface area contributed by atoms with Crippen molar-refractivity contribution < 1.29 is 0 Å². The van der Waals surface area contributed by atoms with Crippen LogP contribution in [0.3, 0.4) is 0 Å². The molecule has 150 valence electrons. The number of nitrogens with zero attached hydrogens (tertiary/aromatic N) is 4. The Hall–Kier alpha value is -2.36. The number of hydrogen-bond acceptors (Lipinski definition) is 3. The zero-order chi connectivity index (χ0) is 20.6. The molecule has 0 bridgehead atoms. The van der Waals surface area contributed by atoms with Gasteiger partial charge in [0.05, 0.1) is 11.1 Å². The Labute approximate surface area is 169 Å². The molecule has 2 heterocycles. The summed E-state index contributed by atoms with van der Waals surface area (Å²) in [7, 11) is 0. The molecular formula is C24H34N4. The van der Waals surface area contributed by atoms with Gasteiger partial charge < -0.3 is 4.90 Å². The average molecular weight is 381 g/mol. The van der Waals surface area contributed by atoms with Crippen LogP contribution in [0.1, 0.15) is 60.5 Å². The fourth-order valence-corrected chi connectivity index (χ4v) is 4.34. The Balaban J connectivity index is 2.35. The third-order valence-electron chi connectivity index (χ3n) is 5.77. The molecule has 2 aromatic heterocycles. The number of aryl methyl sites for hydroxylation is 5. The van der Waals surface area contributed by atoms with Crippen LogP contribution in [0.4, 0.5) is 5.82 Å². The van der Waals surface area contributed by atoms with E-state index < -0.39 is 0 Å². The van der Waals surface area contributed by atoms with Crippen LogP contribution >= 0.6 is 0 Å². The molecule has 0 atom stereocenters. The Kier molecular flexibility index (Phi) is 5.78. The molecule has 0 fully saturated rings. The van der Waals surface area contributed by atoms with E-state index in [1.165, 1.54) is 51.9 Å². The molecule has 0 aliphatic heterocycles. The van der Waals surface area contributed by atoms with Gasteiger partial charge in [0.2, 0.25) is 0 Å². The van der Waals surface area contributed by atoms with Gasteiger partial charge in [0, 0.05) is 18.8 Å². The molecule has 4 nitrogen and oxygen atoms in total. The minimum Gasteiger partial charge on any atom is -0.356 e. The van der Waals surface area contributed by atoms with Gasteiger partial charge in [-0.1, -0.05) is 31.0 Å². The van der Waals surface area contributed by atoms with Crippen LogP contribution in [-0.4, -0.2) is 27.6 Å². The molecule has 28 heavy (non-hydrogen) atoms. The normalized spacial score (nSPS) is 11.4. The summed E-state index contributed by atoms with van der Waals surface area (Å²) in [5.74, 6) is 1.92. The molecule has 0 amide bonds. The van der Waals surface area contributed by atoms with Gasteiger partial charge in [-0.05, 0) is 71.6 Å². The SMILES string of the molecule is CCCCN([13CH2][13CH3])c1nc(C)nc2c1c(C)c(C)n2-c1c(C)cc(C)cc1C. The summed E-state index contributed by atoms with van der Waals surface area (Å²) in [6.45, 7) is 19.4. The van der Waals surface area contributed by atoms with E-state index >= 15 is 0 Å². The predicted octanol–water partition coefficient (Wildman–Crippen LogP) is 5.90. The van der Waals surface area contributed by atoms with E-state index in [0.29, 0.717) is 0 Å². The molecule has 0 saturated heterocycles. The Morgan fingerprint density at radius 3 is 2.14 bits per heavy atom. The molecule has 3 rings (SSSR count). The van der Waals surface area contributed by atoms with Crippen molar-refractivity contribution in [2.24, 2.45) is 0 Å². The highest BCUT2D eigenvalue weighted by Crippen LogP contribution is 2.35. The van der Waals surface area contributed by atoms with Crippen molar-refractivity contribution in [2.45, 2.75) is 68.2 Å². The van der Waals surface area contributed by atoms with Crippen molar-refractivity contribution in [1.29, 1.82) is 0 Å². The quantitative estimate of drug-likeness (QED) is 0.499. The van der Waals surface area contributed by atoms with Crippen LogP contribution in [0.5, 0.6) is 0 Å². The maximum absolute atomic E-state index is 4.92.